The number of benzene rings is 1. The number of carbonyl (C=O) groups is 2. The fraction of sp³-hybridized carbons (Fsp3) is 0.524. The molecule has 1 aliphatic rings. The molecule has 1 aliphatic heterocycles. The molecule has 8 nitrogen and oxygen atoms in total. The Bertz CT molecular complexity index is 758. The molecule has 29 heavy (non-hydrogen) atoms. The van der Waals surface area contributed by atoms with E-state index in [9.17, 15) is 24.9 Å². The van der Waals surface area contributed by atoms with E-state index in [0.717, 1.165) is 5.56 Å². The highest BCUT2D eigenvalue weighted by molar-refractivity contribution is 6.00. The minimum absolute atomic E-state index is 0.228. The maximum atomic E-state index is 12.6. The molecule has 0 saturated carbocycles. The van der Waals surface area contributed by atoms with Gasteiger partial charge in [0.1, 0.15) is 24.4 Å². The summed E-state index contributed by atoms with van der Waals surface area (Å²) in [5, 5.41) is 36.0. The van der Waals surface area contributed by atoms with Crippen molar-refractivity contribution >= 4 is 17.5 Å². The first-order valence-corrected chi connectivity index (χ1v) is 9.49. The number of amides is 2. The third kappa shape index (κ3) is 6.11. The van der Waals surface area contributed by atoms with Gasteiger partial charge in [-0.15, -0.1) is 0 Å². The van der Waals surface area contributed by atoms with E-state index >= 15 is 0 Å². The molecule has 0 radical (unpaired) electrons. The lowest BCUT2D eigenvalue weighted by atomic mass is 9.93. The summed E-state index contributed by atoms with van der Waals surface area (Å²) < 4.78 is 5.05. The summed E-state index contributed by atoms with van der Waals surface area (Å²) in [6, 6.07) is 6.41. The van der Waals surface area contributed by atoms with Crippen molar-refractivity contribution in [2.45, 2.75) is 57.6 Å². The Kier molecular flexibility index (Phi) is 7.54. The summed E-state index contributed by atoms with van der Waals surface area (Å²) in [6.07, 6.45) is -2.85. The number of aliphatic hydroxyl groups is 3. The number of hydrogen-bond donors (Lipinski definition) is 5. The molecular weight excluding hydrogens is 376 g/mol. The van der Waals surface area contributed by atoms with E-state index < -0.39 is 36.4 Å². The number of aliphatic hydroxyl groups excluding tert-OH is 3. The first-order chi connectivity index (χ1) is 13.5. The molecule has 0 fully saturated rings. The van der Waals surface area contributed by atoms with Gasteiger partial charge in [0.2, 0.25) is 5.91 Å². The predicted molar refractivity (Wildman–Crippen MR) is 108 cm³/mol. The van der Waals surface area contributed by atoms with Gasteiger partial charge in [0, 0.05) is 19.2 Å². The lowest BCUT2D eigenvalue weighted by molar-refractivity contribution is -0.150. The van der Waals surface area contributed by atoms with Crippen LogP contribution >= 0.6 is 0 Å². The number of carbonyl (C=O) groups excluding carboxylic acids is 2. The number of methoxy groups -OCH3 is 1. The average molecular weight is 406 g/mol. The van der Waals surface area contributed by atoms with Crippen LogP contribution in [0.5, 0.6) is 0 Å². The molecule has 0 spiro atoms. The molecule has 8 heteroatoms. The Morgan fingerprint density at radius 2 is 1.90 bits per heavy atom. The van der Waals surface area contributed by atoms with Crippen molar-refractivity contribution < 1.29 is 29.6 Å². The van der Waals surface area contributed by atoms with E-state index in [1.807, 2.05) is 32.9 Å². The van der Waals surface area contributed by atoms with E-state index in [0.29, 0.717) is 12.1 Å². The number of nitrogens with one attached hydrogen (secondary N) is 2. The van der Waals surface area contributed by atoms with Crippen LogP contribution in [0.1, 0.15) is 26.3 Å². The minimum atomic E-state index is -1.70. The van der Waals surface area contributed by atoms with Gasteiger partial charge in [-0.25, -0.2) is 0 Å². The van der Waals surface area contributed by atoms with Crippen molar-refractivity contribution in [3.05, 3.63) is 42.0 Å². The molecule has 0 aliphatic carbocycles. The van der Waals surface area contributed by atoms with Gasteiger partial charge in [0.05, 0.1) is 0 Å². The molecular formula is C21H30N2O6. The second kappa shape index (κ2) is 9.49. The Labute approximate surface area is 170 Å². The third-order valence-corrected chi connectivity index (χ3v) is 4.65. The number of fused-ring (bicyclic) bond motifs is 1. The monoisotopic (exact) mass is 406 g/mol. The van der Waals surface area contributed by atoms with Crippen molar-refractivity contribution in [1.82, 2.24) is 5.32 Å². The molecule has 0 aromatic heterocycles. The topological polar surface area (TPSA) is 128 Å². The van der Waals surface area contributed by atoms with Crippen molar-refractivity contribution in [2.75, 3.05) is 12.4 Å². The number of anilines is 1. The van der Waals surface area contributed by atoms with Crippen molar-refractivity contribution in [3.63, 3.8) is 0 Å². The Hall–Kier alpha value is -2.26. The number of hydrogen-bond acceptors (Lipinski definition) is 6. The number of para-hydroxylation sites is 1. The zero-order valence-corrected chi connectivity index (χ0v) is 17.1. The highest BCUT2D eigenvalue weighted by Gasteiger charge is 2.37. The average Bonchev–Trinajstić information content (AvgIpc) is 2.65. The smallest absolute Gasteiger partial charge is 0.252 e. The van der Waals surface area contributed by atoms with Gasteiger partial charge in [-0.2, -0.15) is 0 Å². The van der Waals surface area contributed by atoms with Crippen LogP contribution in [-0.4, -0.2) is 64.7 Å². The molecule has 1 aromatic rings. The fourth-order valence-electron chi connectivity index (χ4n) is 3.01. The summed E-state index contributed by atoms with van der Waals surface area (Å²) in [6.45, 7) is 5.74. The second-order valence-corrected chi connectivity index (χ2v) is 8.26. The molecule has 1 unspecified atom stereocenters. The fourth-order valence-corrected chi connectivity index (χ4v) is 3.01. The van der Waals surface area contributed by atoms with Gasteiger partial charge >= 0.3 is 0 Å². The first kappa shape index (κ1) is 23.0. The predicted octanol–water partition coefficient (Wildman–Crippen LogP) is 0.366. The van der Waals surface area contributed by atoms with E-state index in [2.05, 4.69) is 10.6 Å². The highest BCUT2D eigenvalue weighted by Crippen LogP contribution is 2.22. The lowest BCUT2D eigenvalue weighted by Crippen LogP contribution is -2.56. The quantitative estimate of drug-likeness (QED) is 0.416. The van der Waals surface area contributed by atoms with Crippen molar-refractivity contribution in [1.29, 1.82) is 0 Å². The Morgan fingerprint density at radius 3 is 2.52 bits per heavy atom. The van der Waals surface area contributed by atoms with Gasteiger partial charge in [-0.3, -0.25) is 9.59 Å². The SMILES string of the molecule is CO[C@@H](C(=O)NC1Cc2ccccc2NC1=O)[C@H](O)[C@@H](O)[C@H](O)C=CC(C)(C)C. The van der Waals surface area contributed by atoms with Crippen molar-refractivity contribution in [2.24, 2.45) is 5.41 Å². The molecule has 2 amide bonds. The van der Waals surface area contributed by atoms with E-state index in [-0.39, 0.29) is 11.3 Å². The standard InChI is InChI=1S/C21H30N2O6/c1-21(2,3)10-9-15(24)16(25)17(26)18(29-4)20(28)23-14-11-12-7-5-6-8-13(12)22-19(14)27/h5-10,14-18,24-26H,11H2,1-4H3,(H,22,27)(H,23,28)/t14?,15-,16+,17-,18-/m1/s1. The van der Waals surface area contributed by atoms with Crippen LogP contribution in [-0.2, 0) is 20.7 Å². The minimum Gasteiger partial charge on any atom is -0.387 e. The number of allylic oxidation sites excluding steroid dienone is 1. The summed E-state index contributed by atoms with van der Waals surface area (Å²) in [4.78, 5) is 24.9. The molecule has 1 heterocycles. The lowest BCUT2D eigenvalue weighted by Gasteiger charge is -2.30. The molecule has 2 rings (SSSR count). The number of rotatable bonds is 7. The normalized spacial score (nSPS) is 21.1. The summed E-state index contributed by atoms with van der Waals surface area (Å²) >= 11 is 0. The van der Waals surface area contributed by atoms with Crippen LogP contribution in [0.2, 0.25) is 0 Å². The van der Waals surface area contributed by atoms with E-state index in [1.165, 1.54) is 13.2 Å². The van der Waals surface area contributed by atoms with Crippen molar-refractivity contribution in [3.8, 4) is 0 Å². The van der Waals surface area contributed by atoms with Crippen LogP contribution in [0.4, 0.5) is 5.69 Å². The maximum absolute atomic E-state index is 12.6. The van der Waals surface area contributed by atoms with Gasteiger partial charge in [-0.05, 0) is 17.0 Å². The van der Waals surface area contributed by atoms with E-state index in [1.54, 1.807) is 18.2 Å². The van der Waals surface area contributed by atoms with Crippen LogP contribution in [0.25, 0.3) is 0 Å². The molecule has 160 valence electrons. The van der Waals surface area contributed by atoms with Crippen LogP contribution < -0.4 is 10.6 Å². The Balaban J connectivity index is 2.04. The molecule has 0 saturated heterocycles. The van der Waals surface area contributed by atoms with Gasteiger partial charge < -0.3 is 30.7 Å². The maximum Gasteiger partial charge on any atom is 0.252 e. The second-order valence-electron chi connectivity index (χ2n) is 8.26. The molecule has 5 atom stereocenters. The van der Waals surface area contributed by atoms with Crippen LogP contribution in [0.15, 0.2) is 36.4 Å². The molecule has 1 aromatic carbocycles. The summed E-state index contributed by atoms with van der Waals surface area (Å²) in [7, 11) is 1.20. The van der Waals surface area contributed by atoms with Crippen LogP contribution in [0.3, 0.4) is 0 Å². The molecule has 5 N–H and O–H groups in total. The highest BCUT2D eigenvalue weighted by atomic mass is 16.5. The van der Waals surface area contributed by atoms with Gasteiger partial charge in [-0.1, -0.05) is 51.1 Å². The molecule has 0 bridgehead atoms. The zero-order valence-electron chi connectivity index (χ0n) is 17.1. The summed E-state index contributed by atoms with van der Waals surface area (Å²) in [5.41, 5.74) is 1.33. The number of ether oxygens (including phenoxy) is 1. The van der Waals surface area contributed by atoms with Crippen LogP contribution in [0, 0.1) is 5.41 Å². The Morgan fingerprint density at radius 1 is 1.24 bits per heavy atom. The van der Waals surface area contributed by atoms with E-state index in [4.69, 9.17) is 4.74 Å². The van der Waals surface area contributed by atoms with Gasteiger partial charge in [0.15, 0.2) is 6.10 Å². The third-order valence-electron chi connectivity index (χ3n) is 4.65. The zero-order chi connectivity index (χ0) is 21.8. The van der Waals surface area contributed by atoms with Gasteiger partial charge in [0.25, 0.3) is 5.91 Å². The summed E-state index contributed by atoms with van der Waals surface area (Å²) in [5.74, 6) is -1.14. The largest absolute Gasteiger partial charge is 0.387 e. The first-order valence-electron chi connectivity index (χ1n) is 9.49.